The van der Waals surface area contributed by atoms with Gasteiger partial charge in [-0.1, -0.05) is 6.07 Å². The van der Waals surface area contributed by atoms with E-state index in [-0.39, 0.29) is 18.1 Å². The van der Waals surface area contributed by atoms with E-state index in [1.165, 1.54) is 0 Å². The zero-order valence-electron chi connectivity index (χ0n) is 14.2. The van der Waals surface area contributed by atoms with E-state index < -0.39 is 17.7 Å². The fourth-order valence-corrected chi connectivity index (χ4v) is 2.45. The highest BCUT2D eigenvalue weighted by Crippen LogP contribution is 2.21. The first-order valence-electron chi connectivity index (χ1n) is 8.11. The van der Waals surface area contributed by atoms with Crippen LogP contribution in [0.5, 0.6) is 5.75 Å². The first kappa shape index (κ1) is 18.9. The molecule has 0 spiro atoms. The van der Waals surface area contributed by atoms with Gasteiger partial charge < -0.3 is 14.7 Å². The van der Waals surface area contributed by atoms with E-state index in [0.717, 1.165) is 18.2 Å². The lowest BCUT2D eigenvalue weighted by Crippen LogP contribution is -2.30. The molecule has 0 saturated carbocycles. The van der Waals surface area contributed by atoms with Gasteiger partial charge in [-0.2, -0.15) is 0 Å². The highest BCUT2D eigenvalue weighted by molar-refractivity contribution is 5.94. The lowest BCUT2D eigenvalue weighted by Gasteiger charge is -2.19. The van der Waals surface area contributed by atoms with E-state index in [1.807, 2.05) is 13.8 Å². The highest BCUT2D eigenvalue weighted by Gasteiger charge is 2.16. The summed E-state index contributed by atoms with van der Waals surface area (Å²) in [5, 5.41) is 10.0. The molecule has 134 valence electrons. The van der Waals surface area contributed by atoms with Crippen molar-refractivity contribution in [3.8, 4) is 5.75 Å². The Kier molecular flexibility index (Phi) is 6.47. The van der Waals surface area contributed by atoms with E-state index in [2.05, 4.69) is 0 Å². The van der Waals surface area contributed by atoms with Crippen molar-refractivity contribution in [2.24, 2.45) is 0 Å². The van der Waals surface area contributed by atoms with Crippen LogP contribution in [0.3, 0.4) is 0 Å². The van der Waals surface area contributed by atoms with E-state index in [0.29, 0.717) is 24.4 Å². The second-order valence-corrected chi connectivity index (χ2v) is 5.50. The summed E-state index contributed by atoms with van der Waals surface area (Å²) < 4.78 is 32.3. The standard InChI is InChI=1S/C19H21F2NO3/c1-3-22(4-2)19(24)13-6-5-7-15(10-13)25-12-18(23)16-11-14(20)8-9-17(16)21/h5-11,18,23H,3-4,12H2,1-2H3. The van der Waals surface area contributed by atoms with Crippen molar-refractivity contribution in [2.75, 3.05) is 19.7 Å². The number of halogens is 2. The van der Waals surface area contributed by atoms with Crippen LogP contribution in [0.4, 0.5) is 8.78 Å². The zero-order chi connectivity index (χ0) is 18.4. The van der Waals surface area contributed by atoms with Crippen molar-refractivity contribution in [1.29, 1.82) is 0 Å². The summed E-state index contributed by atoms with van der Waals surface area (Å²) in [7, 11) is 0. The molecule has 0 fully saturated rings. The summed E-state index contributed by atoms with van der Waals surface area (Å²) in [6.07, 6.45) is -1.32. The predicted molar refractivity (Wildman–Crippen MR) is 90.5 cm³/mol. The third-order valence-corrected chi connectivity index (χ3v) is 3.86. The minimum Gasteiger partial charge on any atom is -0.491 e. The van der Waals surface area contributed by atoms with Crippen LogP contribution >= 0.6 is 0 Å². The SMILES string of the molecule is CCN(CC)C(=O)c1cccc(OCC(O)c2cc(F)ccc2F)c1. The van der Waals surface area contributed by atoms with Crippen LogP contribution < -0.4 is 4.74 Å². The Morgan fingerprint density at radius 3 is 2.56 bits per heavy atom. The van der Waals surface area contributed by atoms with Gasteiger partial charge in [0.15, 0.2) is 0 Å². The molecule has 4 nitrogen and oxygen atoms in total. The molecule has 0 aliphatic heterocycles. The Balaban J connectivity index is 2.07. The molecule has 0 aliphatic rings. The molecule has 0 radical (unpaired) electrons. The van der Waals surface area contributed by atoms with Gasteiger partial charge in [-0.15, -0.1) is 0 Å². The summed E-state index contributed by atoms with van der Waals surface area (Å²) in [5.74, 6) is -1.09. The number of rotatable bonds is 7. The number of aliphatic hydroxyl groups excluding tert-OH is 1. The van der Waals surface area contributed by atoms with Gasteiger partial charge in [-0.3, -0.25) is 4.79 Å². The third kappa shape index (κ3) is 4.76. The van der Waals surface area contributed by atoms with Gasteiger partial charge in [0.1, 0.15) is 30.1 Å². The van der Waals surface area contributed by atoms with Crippen molar-refractivity contribution >= 4 is 5.91 Å². The molecule has 1 atom stereocenters. The number of aliphatic hydroxyl groups is 1. The molecular formula is C19H21F2NO3. The fraction of sp³-hybridized carbons (Fsp3) is 0.316. The topological polar surface area (TPSA) is 49.8 Å². The Morgan fingerprint density at radius 2 is 1.88 bits per heavy atom. The largest absolute Gasteiger partial charge is 0.491 e. The molecule has 2 rings (SSSR count). The number of hydrogen-bond acceptors (Lipinski definition) is 3. The Bertz CT molecular complexity index is 732. The molecule has 0 aromatic heterocycles. The van der Waals surface area contributed by atoms with Crippen LogP contribution in [-0.4, -0.2) is 35.6 Å². The maximum Gasteiger partial charge on any atom is 0.253 e. The van der Waals surface area contributed by atoms with Crippen LogP contribution in [0.1, 0.15) is 35.9 Å². The molecule has 1 amide bonds. The van der Waals surface area contributed by atoms with Crippen molar-refractivity contribution in [3.05, 3.63) is 65.2 Å². The van der Waals surface area contributed by atoms with Gasteiger partial charge >= 0.3 is 0 Å². The molecule has 1 unspecified atom stereocenters. The molecule has 25 heavy (non-hydrogen) atoms. The van der Waals surface area contributed by atoms with Crippen molar-refractivity contribution in [2.45, 2.75) is 20.0 Å². The minimum atomic E-state index is -1.32. The lowest BCUT2D eigenvalue weighted by molar-refractivity contribution is 0.0772. The second-order valence-electron chi connectivity index (χ2n) is 5.50. The number of benzene rings is 2. The summed E-state index contributed by atoms with van der Waals surface area (Å²) in [4.78, 5) is 14.0. The van der Waals surface area contributed by atoms with Gasteiger partial charge in [0.25, 0.3) is 5.91 Å². The minimum absolute atomic E-state index is 0.118. The molecule has 0 saturated heterocycles. The number of ether oxygens (including phenoxy) is 1. The smallest absolute Gasteiger partial charge is 0.253 e. The first-order chi connectivity index (χ1) is 12.0. The number of nitrogens with zero attached hydrogens (tertiary/aromatic N) is 1. The summed E-state index contributed by atoms with van der Waals surface area (Å²) in [6.45, 7) is 4.72. The molecular weight excluding hydrogens is 328 g/mol. The average Bonchev–Trinajstić information content (AvgIpc) is 2.63. The third-order valence-electron chi connectivity index (χ3n) is 3.86. The molecule has 1 N–H and O–H groups in total. The quantitative estimate of drug-likeness (QED) is 0.831. The van der Waals surface area contributed by atoms with E-state index >= 15 is 0 Å². The fourth-order valence-electron chi connectivity index (χ4n) is 2.45. The number of amides is 1. The van der Waals surface area contributed by atoms with E-state index in [4.69, 9.17) is 4.74 Å². The average molecular weight is 349 g/mol. The number of hydrogen-bond donors (Lipinski definition) is 1. The Morgan fingerprint density at radius 1 is 1.16 bits per heavy atom. The van der Waals surface area contributed by atoms with E-state index in [1.54, 1.807) is 29.2 Å². The van der Waals surface area contributed by atoms with Gasteiger partial charge in [-0.05, 0) is 50.2 Å². The number of carbonyl (C=O) groups excluding carboxylic acids is 1. The van der Waals surface area contributed by atoms with Gasteiger partial charge in [0.05, 0.1) is 0 Å². The maximum atomic E-state index is 13.7. The number of carbonyl (C=O) groups is 1. The van der Waals surface area contributed by atoms with Crippen LogP contribution in [0, 0.1) is 11.6 Å². The summed E-state index contributed by atoms with van der Waals surface area (Å²) >= 11 is 0. The van der Waals surface area contributed by atoms with Crippen LogP contribution in [0.15, 0.2) is 42.5 Å². The molecule has 0 bridgehead atoms. The first-order valence-corrected chi connectivity index (χ1v) is 8.11. The van der Waals surface area contributed by atoms with Crippen molar-refractivity contribution in [1.82, 2.24) is 4.90 Å². The summed E-state index contributed by atoms with van der Waals surface area (Å²) in [5.41, 5.74) is 0.294. The Hall–Kier alpha value is -2.47. The van der Waals surface area contributed by atoms with Gasteiger partial charge in [-0.25, -0.2) is 8.78 Å². The molecule has 0 aliphatic carbocycles. The van der Waals surface area contributed by atoms with Crippen LogP contribution in [-0.2, 0) is 0 Å². The molecule has 2 aromatic rings. The Labute approximate surface area is 145 Å². The van der Waals surface area contributed by atoms with Gasteiger partial charge in [0, 0.05) is 24.2 Å². The summed E-state index contributed by atoms with van der Waals surface area (Å²) in [6, 6.07) is 9.41. The van der Waals surface area contributed by atoms with Crippen molar-refractivity contribution < 1.29 is 23.4 Å². The maximum absolute atomic E-state index is 13.7. The predicted octanol–water partition coefficient (Wildman–Crippen LogP) is 3.56. The molecule has 2 aromatic carbocycles. The normalized spacial score (nSPS) is 11.9. The monoisotopic (exact) mass is 349 g/mol. The molecule has 6 heteroatoms. The van der Waals surface area contributed by atoms with Crippen molar-refractivity contribution in [3.63, 3.8) is 0 Å². The van der Waals surface area contributed by atoms with E-state index in [9.17, 15) is 18.7 Å². The second kappa shape index (κ2) is 8.58. The highest BCUT2D eigenvalue weighted by atomic mass is 19.1. The van der Waals surface area contributed by atoms with Crippen LogP contribution in [0.2, 0.25) is 0 Å². The van der Waals surface area contributed by atoms with Crippen LogP contribution in [0.25, 0.3) is 0 Å². The lowest BCUT2D eigenvalue weighted by atomic mass is 10.1. The zero-order valence-corrected chi connectivity index (χ0v) is 14.2. The van der Waals surface area contributed by atoms with Gasteiger partial charge in [0.2, 0.25) is 0 Å². The molecule has 0 heterocycles.